The lowest BCUT2D eigenvalue weighted by atomic mass is 10.1. The number of carbonyl (C=O) groups is 1. The second-order valence-corrected chi connectivity index (χ2v) is 3.65. The number of nitrogens with one attached hydrogen (secondary N) is 2. The van der Waals surface area contributed by atoms with E-state index < -0.39 is 0 Å². The summed E-state index contributed by atoms with van der Waals surface area (Å²) in [6, 6.07) is 6.57. The van der Waals surface area contributed by atoms with Crippen LogP contribution >= 0.6 is 0 Å². The molecule has 0 saturated heterocycles. The number of nitrogens with two attached hydrogens (primary N) is 1. The highest BCUT2D eigenvalue weighted by Gasteiger charge is 2.09. The molecule has 0 bridgehead atoms. The predicted octanol–water partition coefficient (Wildman–Crippen LogP) is 1.64. The third-order valence-electron chi connectivity index (χ3n) is 2.25. The molecule has 6 heteroatoms. The summed E-state index contributed by atoms with van der Waals surface area (Å²) in [6.07, 6.45) is 1.56. The molecule has 0 radical (unpaired) electrons. The summed E-state index contributed by atoms with van der Waals surface area (Å²) in [5, 5.41) is 9.06. The van der Waals surface area contributed by atoms with E-state index in [1.54, 1.807) is 30.5 Å². The van der Waals surface area contributed by atoms with Crippen molar-refractivity contribution >= 4 is 17.4 Å². The lowest BCUT2D eigenvalue weighted by Crippen LogP contribution is -2.12. The molecule has 1 aromatic heterocycles. The van der Waals surface area contributed by atoms with Crippen LogP contribution < -0.4 is 15.8 Å². The summed E-state index contributed by atoms with van der Waals surface area (Å²) >= 11 is 0. The van der Waals surface area contributed by atoms with Gasteiger partial charge in [-0.3, -0.25) is 9.89 Å². The lowest BCUT2D eigenvalue weighted by molar-refractivity contribution is 0.102. The van der Waals surface area contributed by atoms with Crippen molar-refractivity contribution in [1.29, 1.82) is 0 Å². The number of hydrogen-bond acceptors (Lipinski definition) is 4. The van der Waals surface area contributed by atoms with Crippen LogP contribution in [0.15, 0.2) is 30.5 Å². The van der Waals surface area contributed by atoms with Crippen LogP contribution in [0.2, 0.25) is 0 Å². The normalized spacial score (nSPS) is 10.1. The number of anilines is 2. The molecule has 1 heterocycles. The number of rotatable bonds is 4. The average Bonchev–Trinajstić information content (AvgIpc) is 2.81. The molecule has 0 spiro atoms. The van der Waals surface area contributed by atoms with E-state index in [1.807, 2.05) is 6.92 Å². The molecule has 0 aliphatic heterocycles. The summed E-state index contributed by atoms with van der Waals surface area (Å²) in [6.45, 7) is 2.39. The maximum absolute atomic E-state index is 12.0. The summed E-state index contributed by atoms with van der Waals surface area (Å²) < 4.78 is 5.33. The van der Waals surface area contributed by atoms with Gasteiger partial charge < -0.3 is 15.8 Å². The van der Waals surface area contributed by atoms with Gasteiger partial charge in [-0.15, -0.1) is 0 Å². The van der Waals surface area contributed by atoms with Crippen molar-refractivity contribution in [2.75, 3.05) is 17.7 Å². The zero-order valence-electron chi connectivity index (χ0n) is 9.93. The van der Waals surface area contributed by atoms with Crippen LogP contribution in [0.1, 0.15) is 17.3 Å². The minimum atomic E-state index is -0.271. The number of aromatic nitrogens is 2. The standard InChI is InChI=1S/C12H14N4O2/c1-2-18-10-6-8(5-9(13)7-10)12(17)15-11-3-4-14-16-11/h3-7H,2,13H2,1H3,(H2,14,15,16,17). The van der Waals surface area contributed by atoms with Crippen molar-refractivity contribution in [2.24, 2.45) is 0 Å². The van der Waals surface area contributed by atoms with Crippen molar-refractivity contribution in [3.63, 3.8) is 0 Å². The molecule has 0 atom stereocenters. The van der Waals surface area contributed by atoms with Crippen LogP contribution in [0, 0.1) is 0 Å². The number of aromatic amines is 1. The number of nitrogens with zero attached hydrogens (tertiary/aromatic N) is 1. The minimum Gasteiger partial charge on any atom is -0.494 e. The summed E-state index contributed by atoms with van der Waals surface area (Å²) in [5.41, 5.74) is 6.64. The Bertz CT molecular complexity index is 537. The first-order valence-electron chi connectivity index (χ1n) is 5.53. The van der Waals surface area contributed by atoms with Crippen LogP contribution in [0.3, 0.4) is 0 Å². The molecule has 0 saturated carbocycles. The fraction of sp³-hybridized carbons (Fsp3) is 0.167. The van der Waals surface area contributed by atoms with Crippen LogP contribution in [0.25, 0.3) is 0 Å². The molecule has 6 nitrogen and oxygen atoms in total. The molecule has 2 aromatic rings. The number of amides is 1. The first-order chi connectivity index (χ1) is 8.69. The molecule has 1 aromatic carbocycles. The number of nitrogen functional groups attached to an aromatic ring is 1. The zero-order valence-corrected chi connectivity index (χ0v) is 9.93. The third kappa shape index (κ3) is 2.79. The number of H-pyrrole nitrogens is 1. The molecule has 2 rings (SSSR count). The number of hydrogen-bond donors (Lipinski definition) is 3. The Hall–Kier alpha value is -2.50. The van der Waals surface area contributed by atoms with Crippen molar-refractivity contribution < 1.29 is 9.53 Å². The monoisotopic (exact) mass is 246 g/mol. The van der Waals surface area contributed by atoms with Crippen LogP contribution in [-0.4, -0.2) is 22.7 Å². The third-order valence-corrected chi connectivity index (χ3v) is 2.25. The maximum Gasteiger partial charge on any atom is 0.257 e. The van der Waals surface area contributed by atoms with E-state index in [9.17, 15) is 4.79 Å². The fourth-order valence-electron chi connectivity index (χ4n) is 1.52. The second kappa shape index (κ2) is 5.22. The molecule has 4 N–H and O–H groups in total. The fourth-order valence-corrected chi connectivity index (χ4v) is 1.52. The van der Waals surface area contributed by atoms with Gasteiger partial charge >= 0.3 is 0 Å². The van der Waals surface area contributed by atoms with E-state index in [4.69, 9.17) is 10.5 Å². The van der Waals surface area contributed by atoms with Crippen molar-refractivity contribution in [1.82, 2.24) is 10.2 Å². The van der Waals surface area contributed by atoms with Crippen molar-refractivity contribution in [3.05, 3.63) is 36.0 Å². The van der Waals surface area contributed by atoms with E-state index >= 15 is 0 Å². The van der Waals surface area contributed by atoms with E-state index in [-0.39, 0.29) is 5.91 Å². The Morgan fingerprint density at radius 1 is 1.50 bits per heavy atom. The molecule has 18 heavy (non-hydrogen) atoms. The molecule has 0 unspecified atom stereocenters. The quantitative estimate of drug-likeness (QED) is 0.715. The highest BCUT2D eigenvalue weighted by molar-refractivity contribution is 6.04. The van der Waals surface area contributed by atoms with Crippen LogP contribution in [0.4, 0.5) is 11.5 Å². The van der Waals surface area contributed by atoms with Crippen molar-refractivity contribution in [3.8, 4) is 5.75 Å². The van der Waals surface area contributed by atoms with Gasteiger partial charge in [0.15, 0.2) is 0 Å². The summed E-state index contributed by atoms with van der Waals surface area (Å²) in [5.74, 6) is 0.833. The van der Waals surface area contributed by atoms with Gasteiger partial charge in [-0.1, -0.05) is 0 Å². The minimum absolute atomic E-state index is 0.271. The average molecular weight is 246 g/mol. The molecule has 0 aliphatic carbocycles. The highest BCUT2D eigenvalue weighted by atomic mass is 16.5. The topological polar surface area (TPSA) is 93.0 Å². The van der Waals surface area contributed by atoms with Crippen LogP contribution in [0.5, 0.6) is 5.75 Å². The first-order valence-corrected chi connectivity index (χ1v) is 5.53. The van der Waals surface area contributed by atoms with E-state index in [2.05, 4.69) is 15.5 Å². The maximum atomic E-state index is 12.0. The Morgan fingerprint density at radius 2 is 2.33 bits per heavy atom. The predicted molar refractivity (Wildman–Crippen MR) is 68.6 cm³/mol. The van der Waals surface area contributed by atoms with Gasteiger partial charge in [0.05, 0.1) is 12.8 Å². The molecule has 1 amide bonds. The Morgan fingerprint density at radius 3 is 3.00 bits per heavy atom. The van der Waals surface area contributed by atoms with E-state index in [0.717, 1.165) is 0 Å². The lowest BCUT2D eigenvalue weighted by Gasteiger charge is -2.08. The van der Waals surface area contributed by atoms with Gasteiger partial charge in [-0.2, -0.15) is 5.10 Å². The van der Waals surface area contributed by atoms with Gasteiger partial charge in [0.1, 0.15) is 11.6 Å². The van der Waals surface area contributed by atoms with Gasteiger partial charge in [0, 0.05) is 23.4 Å². The zero-order chi connectivity index (χ0) is 13.0. The van der Waals surface area contributed by atoms with Gasteiger partial charge in [0.25, 0.3) is 5.91 Å². The Labute approximate surface area is 104 Å². The largest absolute Gasteiger partial charge is 0.494 e. The van der Waals surface area contributed by atoms with Gasteiger partial charge in [-0.25, -0.2) is 0 Å². The van der Waals surface area contributed by atoms with E-state index in [1.165, 1.54) is 0 Å². The molecular formula is C12H14N4O2. The molecule has 94 valence electrons. The Kier molecular flexibility index (Phi) is 3.47. The molecule has 0 aliphatic rings. The number of carbonyl (C=O) groups excluding carboxylic acids is 1. The summed E-state index contributed by atoms with van der Waals surface area (Å²) in [4.78, 5) is 12.0. The van der Waals surface area contributed by atoms with Crippen molar-refractivity contribution in [2.45, 2.75) is 6.92 Å². The second-order valence-electron chi connectivity index (χ2n) is 3.65. The number of ether oxygens (including phenoxy) is 1. The van der Waals surface area contributed by atoms with Crippen LogP contribution in [-0.2, 0) is 0 Å². The van der Waals surface area contributed by atoms with Gasteiger partial charge in [0.2, 0.25) is 0 Å². The number of benzene rings is 1. The molecular weight excluding hydrogens is 232 g/mol. The molecule has 0 fully saturated rings. The highest BCUT2D eigenvalue weighted by Crippen LogP contribution is 2.19. The SMILES string of the molecule is CCOc1cc(N)cc(C(=O)Nc2ccn[nH]2)c1. The van der Waals surface area contributed by atoms with Gasteiger partial charge in [-0.05, 0) is 19.1 Å². The smallest absolute Gasteiger partial charge is 0.257 e. The Balaban J connectivity index is 2.19. The summed E-state index contributed by atoms with van der Waals surface area (Å²) in [7, 11) is 0. The van der Waals surface area contributed by atoms with E-state index in [0.29, 0.717) is 29.4 Å². The first kappa shape index (κ1) is 12.0.